The van der Waals surface area contributed by atoms with E-state index in [1.54, 1.807) is 0 Å². The van der Waals surface area contributed by atoms with Crippen LogP contribution in [0.5, 0.6) is 0 Å². The third kappa shape index (κ3) is 5.47. The van der Waals surface area contributed by atoms with Gasteiger partial charge in [-0.05, 0) is 25.9 Å². The molecule has 0 spiro atoms. The number of hydrogen-bond acceptors (Lipinski definition) is 3. The van der Waals surface area contributed by atoms with Crippen LogP contribution in [0.3, 0.4) is 0 Å². The molecule has 1 saturated heterocycles. The zero-order valence-corrected chi connectivity index (χ0v) is 10.3. The molecule has 0 unspecified atom stereocenters. The van der Waals surface area contributed by atoms with E-state index in [0.29, 0.717) is 0 Å². The first kappa shape index (κ1) is 13.5. The highest BCUT2D eigenvalue weighted by Gasteiger charge is 2.15. The average Bonchev–Trinajstić information content (AvgIpc) is 2.44. The van der Waals surface area contributed by atoms with Gasteiger partial charge in [-0.25, -0.2) is 0 Å². The van der Waals surface area contributed by atoms with Gasteiger partial charge in [-0.2, -0.15) is 0 Å². The van der Waals surface area contributed by atoms with Gasteiger partial charge in [-0.3, -0.25) is 9.69 Å². The van der Waals surface area contributed by atoms with Crippen LogP contribution in [-0.4, -0.2) is 60.1 Å². The van der Waals surface area contributed by atoms with Gasteiger partial charge in [0, 0.05) is 19.6 Å². The Morgan fingerprint density at radius 2 is 1.81 bits per heavy atom. The minimum absolute atomic E-state index is 0.197. The first-order valence-corrected chi connectivity index (χ1v) is 6.39. The van der Waals surface area contributed by atoms with E-state index in [1.165, 1.54) is 25.8 Å². The average molecular weight is 228 g/mol. The standard InChI is InChI=1S/C12H24N2O2/c1-2-3-4-6-13-7-5-8-14(10-9-13)11-12(15)16/h2-11H2,1H3,(H,15,16). The van der Waals surface area contributed by atoms with Crippen molar-refractivity contribution in [3.63, 3.8) is 0 Å². The Kier molecular flexibility index (Phi) is 6.42. The maximum absolute atomic E-state index is 10.6. The minimum atomic E-state index is -0.709. The molecular weight excluding hydrogens is 204 g/mol. The molecule has 0 aromatic rings. The van der Waals surface area contributed by atoms with Crippen LogP contribution in [-0.2, 0) is 4.79 Å². The zero-order valence-electron chi connectivity index (χ0n) is 10.3. The molecule has 16 heavy (non-hydrogen) atoms. The quantitative estimate of drug-likeness (QED) is 0.695. The Balaban J connectivity index is 2.20. The molecule has 4 heteroatoms. The molecule has 0 aliphatic carbocycles. The summed E-state index contributed by atoms with van der Waals surface area (Å²) in [5.41, 5.74) is 0. The fourth-order valence-corrected chi connectivity index (χ4v) is 2.18. The Hall–Kier alpha value is -0.610. The molecule has 1 aliphatic heterocycles. The molecule has 0 bridgehead atoms. The molecule has 0 aromatic heterocycles. The number of carbonyl (C=O) groups is 1. The summed E-state index contributed by atoms with van der Waals surface area (Å²) in [7, 11) is 0. The number of unbranched alkanes of at least 4 members (excludes halogenated alkanes) is 2. The van der Waals surface area contributed by atoms with Crippen LogP contribution in [0.15, 0.2) is 0 Å². The molecule has 0 amide bonds. The third-order valence-electron chi connectivity index (χ3n) is 3.12. The van der Waals surface area contributed by atoms with Crippen LogP contribution in [0.2, 0.25) is 0 Å². The highest BCUT2D eigenvalue weighted by Crippen LogP contribution is 2.05. The third-order valence-corrected chi connectivity index (χ3v) is 3.12. The monoisotopic (exact) mass is 228 g/mol. The van der Waals surface area contributed by atoms with Crippen molar-refractivity contribution < 1.29 is 9.90 Å². The van der Waals surface area contributed by atoms with Crippen LogP contribution >= 0.6 is 0 Å². The first-order chi connectivity index (χ1) is 7.72. The van der Waals surface area contributed by atoms with Gasteiger partial charge in [0.25, 0.3) is 0 Å². The predicted octanol–water partition coefficient (Wildman–Crippen LogP) is 1.27. The van der Waals surface area contributed by atoms with Gasteiger partial charge in [-0.1, -0.05) is 19.8 Å². The summed E-state index contributed by atoms with van der Waals surface area (Å²) in [5, 5.41) is 8.74. The van der Waals surface area contributed by atoms with Crippen molar-refractivity contribution in [3.8, 4) is 0 Å². The Morgan fingerprint density at radius 3 is 2.50 bits per heavy atom. The van der Waals surface area contributed by atoms with Crippen molar-refractivity contribution >= 4 is 5.97 Å². The molecular formula is C12H24N2O2. The van der Waals surface area contributed by atoms with E-state index in [4.69, 9.17) is 5.11 Å². The minimum Gasteiger partial charge on any atom is -0.480 e. The summed E-state index contributed by atoms with van der Waals surface area (Å²) >= 11 is 0. The zero-order chi connectivity index (χ0) is 11.8. The van der Waals surface area contributed by atoms with E-state index < -0.39 is 5.97 Å². The van der Waals surface area contributed by atoms with Crippen LogP contribution in [0.25, 0.3) is 0 Å². The van der Waals surface area contributed by atoms with Gasteiger partial charge in [0.15, 0.2) is 0 Å². The van der Waals surface area contributed by atoms with Gasteiger partial charge in [0.05, 0.1) is 6.54 Å². The summed E-state index contributed by atoms with van der Waals surface area (Å²) in [6.45, 7) is 7.57. The van der Waals surface area contributed by atoms with Crippen LogP contribution in [0, 0.1) is 0 Å². The summed E-state index contributed by atoms with van der Waals surface area (Å²) in [6.07, 6.45) is 4.93. The molecule has 1 heterocycles. The largest absolute Gasteiger partial charge is 0.480 e. The molecule has 94 valence electrons. The maximum atomic E-state index is 10.6. The lowest BCUT2D eigenvalue weighted by Gasteiger charge is -2.20. The molecule has 4 nitrogen and oxygen atoms in total. The van der Waals surface area contributed by atoms with Crippen molar-refractivity contribution in [2.24, 2.45) is 0 Å². The Labute approximate surface area is 98.2 Å². The maximum Gasteiger partial charge on any atom is 0.317 e. The van der Waals surface area contributed by atoms with Crippen molar-refractivity contribution in [1.82, 2.24) is 9.80 Å². The number of aliphatic carboxylic acids is 1. The van der Waals surface area contributed by atoms with E-state index in [0.717, 1.165) is 32.6 Å². The van der Waals surface area contributed by atoms with E-state index in [2.05, 4.69) is 11.8 Å². The van der Waals surface area contributed by atoms with Gasteiger partial charge < -0.3 is 10.0 Å². The molecule has 0 saturated carbocycles. The topological polar surface area (TPSA) is 43.8 Å². The smallest absolute Gasteiger partial charge is 0.317 e. The van der Waals surface area contributed by atoms with Crippen LogP contribution in [0.4, 0.5) is 0 Å². The van der Waals surface area contributed by atoms with Gasteiger partial charge in [-0.15, -0.1) is 0 Å². The van der Waals surface area contributed by atoms with Gasteiger partial charge in [0.2, 0.25) is 0 Å². The normalized spacial score (nSPS) is 19.6. The number of rotatable bonds is 6. The number of carboxylic acid groups (broad SMARTS) is 1. The fourth-order valence-electron chi connectivity index (χ4n) is 2.18. The van der Waals surface area contributed by atoms with Gasteiger partial charge in [0.1, 0.15) is 0 Å². The summed E-state index contributed by atoms with van der Waals surface area (Å²) in [4.78, 5) is 15.1. The summed E-state index contributed by atoms with van der Waals surface area (Å²) in [6, 6.07) is 0. The van der Waals surface area contributed by atoms with Crippen LogP contribution in [0.1, 0.15) is 32.6 Å². The van der Waals surface area contributed by atoms with Crippen molar-refractivity contribution in [3.05, 3.63) is 0 Å². The Bertz CT molecular complexity index is 209. The summed E-state index contributed by atoms with van der Waals surface area (Å²) in [5.74, 6) is -0.709. The SMILES string of the molecule is CCCCCN1CCCN(CC(=O)O)CC1. The molecule has 1 aliphatic rings. The Morgan fingerprint density at radius 1 is 1.12 bits per heavy atom. The summed E-state index contributed by atoms with van der Waals surface area (Å²) < 4.78 is 0. The number of carboxylic acids is 1. The molecule has 0 atom stereocenters. The highest BCUT2D eigenvalue weighted by atomic mass is 16.4. The first-order valence-electron chi connectivity index (χ1n) is 6.39. The lowest BCUT2D eigenvalue weighted by atomic mass is 10.2. The second kappa shape index (κ2) is 7.63. The van der Waals surface area contributed by atoms with Crippen molar-refractivity contribution in [2.75, 3.05) is 39.3 Å². The number of nitrogens with zero attached hydrogens (tertiary/aromatic N) is 2. The predicted molar refractivity (Wildman–Crippen MR) is 64.7 cm³/mol. The molecule has 1 N–H and O–H groups in total. The van der Waals surface area contributed by atoms with E-state index in [1.807, 2.05) is 4.90 Å². The van der Waals surface area contributed by atoms with E-state index in [-0.39, 0.29) is 6.54 Å². The number of hydrogen-bond donors (Lipinski definition) is 1. The van der Waals surface area contributed by atoms with Crippen molar-refractivity contribution in [2.45, 2.75) is 32.6 Å². The fraction of sp³-hybridized carbons (Fsp3) is 0.917. The lowest BCUT2D eigenvalue weighted by Crippen LogP contribution is -2.34. The molecule has 1 fully saturated rings. The lowest BCUT2D eigenvalue weighted by molar-refractivity contribution is -0.138. The second-order valence-corrected chi connectivity index (χ2v) is 4.57. The molecule has 1 rings (SSSR count). The van der Waals surface area contributed by atoms with Crippen molar-refractivity contribution in [1.29, 1.82) is 0 Å². The van der Waals surface area contributed by atoms with E-state index >= 15 is 0 Å². The van der Waals surface area contributed by atoms with Gasteiger partial charge >= 0.3 is 5.97 Å². The molecule has 0 radical (unpaired) electrons. The highest BCUT2D eigenvalue weighted by molar-refractivity contribution is 5.69. The van der Waals surface area contributed by atoms with Crippen LogP contribution < -0.4 is 0 Å². The molecule has 0 aromatic carbocycles. The van der Waals surface area contributed by atoms with E-state index in [9.17, 15) is 4.79 Å². The second-order valence-electron chi connectivity index (χ2n) is 4.57.